The van der Waals surface area contributed by atoms with Gasteiger partial charge in [0.1, 0.15) is 0 Å². The van der Waals surface area contributed by atoms with Crippen LogP contribution in [0.15, 0.2) is 29.2 Å². The quantitative estimate of drug-likeness (QED) is 0.780. The Labute approximate surface area is 143 Å². The lowest BCUT2D eigenvalue weighted by Crippen LogP contribution is -2.43. The van der Waals surface area contributed by atoms with Gasteiger partial charge >= 0.3 is 6.03 Å². The van der Waals surface area contributed by atoms with Gasteiger partial charge in [-0.25, -0.2) is 18.4 Å². The number of hydrogen-bond donors (Lipinski definition) is 3. The average molecular weight is 351 g/mol. The van der Waals surface area contributed by atoms with Gasteiger partial charge in [-0.1, -0.05) is 25.7 Å². The van der Waals surface area contributed by atoms with E-state index in [0.717, 1.165) is 24.7 Å². The number of nitrogens with two attached hydrogens (primary N) is 1. The van der Waals surface area contributed by atoms with Crippen molar-refractivity contribution in [3.8, 4) is 0 Å². The summed E-state index contributed by atoms with van der Waals surface area (Å²) in [6, 6.07) is 5.84. The molecule has 0 aromatic heterocycles. The summed E-state index contributed by atoms with van der Waals surface area (Å²) in [6.07, 6.45) is 8.63. The number of fused-ring (bicyclic) bond motifs is 1. The monoisotopic (exact) mass is 351 g/mol. The van der Waals surface area contributed by atoms with Crippen molar-refractivity contribution in [1.82, 2.24) is 5.32 Å². The molecule has 2 aliphatic carbocycles. The number of urea groups is 1. The molecule has 24 heavy (non-hydrogen) atoms. The fourth-order valence-electron chi connectivity index (χ4n) is 4.08. The molecule has 3 atom stereocenters. The van der Waals surface area contributed by atoms with Gasteiger partial charge in [0.2, 0.25) is 10.0 Å². The molecule has 0 spiro atoms. The summed E-state index contributed by atoms with van der Waals surface area (Å²) in [7, 11) is -3.71. The Balaban J connectivity index is 1.52. The molecule has 2 amide bonds. The van der Waals surface area contributed by atoms with E-state index < -0.39 is 10.0 Å². The fraction of sp³-hybridized carbons (Fsp3) is 0.588. The Kier molecular flexibility index (Phi) is 5.10. The van der Waals surface area contributed by atoms with Gasteiger partial charge in [0.15, 0.2) is 0 Å². The van der Waals surface area contributed by atoms with Crippen LogP contribution < -0.4 is 15.8 Å². The molecule has 3 rings (SSSR count). The summed E-state index contributed by atoms with van der Waals surface area (Å²) in [5, 5.41) is 10.9. The number of nitrogens with one attached hydrogen (secondary N) is 2. The van der Waals surface area contributed by atoms with Crippen molar-refractivity contribution in [3.05, 3.63) is 24.3 Å². The number of rotatable bonds is 3. The first-order chi connectivity index (χ1) is 11.4. The standard InChI is InChI=1S/C17H25N3O3S/c18-24(22,23)16-9-7-14(8-10-16)19-17(21)20-15-6-5-12-3-1-2-4-13(12)11-15/h7-10,12-13,15H,1-6,11H2,(H2,18,22,23)(H2,19,20,21)/t12-,13+,15-/m1/s1. The predicted octanol–water partition coefficient (Wildman–Crippen LogP) is 2.81. The van der Waals surface area contributed by atoms with Crippen LogP contribution in [0.3, 0.4) is 0 Å². The number of carbonyl (C=O) groups is 1. The number of benzene rings is 1. The van der Waals surface area contributed by atoms with Gasteiger partial charge in [0, 0.05) is 11.7 Å². The molecule has 4 N–H and O–H groups in total. The summed E-state index contributed by atoms with van der Waals surface area (Å²) in [6.45, 7) is 0. The first kappa shape index (κ1) is 17.2. The van der Waals surface area contributed by atoms with Crippen LogP contribution in [0.1, 0.15) is 44.9 Å². The molecule has 0 aliphatic heterocycles. The van der Waals surface area contributed by atoms with Crippen molar-refractivity contribution in [1.29, 1.82) is 0 Å². The topological polar surface area (TPSA) is 101 Å². The second-order valence-corrected chi connectivity index (χ2v) is 8.54. The maximum Gasteiger partial charge on any atom is 0.319 e. The van der Waals surface area contributed by atoms with E-state index in [0.29, 0.717) is 5.69 Å². The number of primary sulfonamides is 1. The van der Waals surface area contributed by atoms with Crippen molar-refractivity contribution in [2.24, 2.45) is 17.0 Å². The molecule has 1 aromatic carbocycles. The van der Waals surface area contributed by atoms with E-state index in [4.69, 9.17) is 5.14 Å². The van der Waals surface area contributed by atoms with Crippen molar-refractivity contribution in [3.63, 3.8) is 0 Å². The second kappa shape index (κ2) is 7.11. The number of hydrogen-bond acceptors (Lipinski definition) is 3. The van der Waals surface area contributed by atoms with Crippen LogP contribution in [0.25, 0.3) is 0 Å². The molecule has 2 saturated carbocycles. The first-order valence-electron chi connectivity index (χ1n) is 8.62. The number of amides is 2. The van der Waals surface area contributed by atoms with Crippen LogP contribution >= 0.6 is 0 Å². The third kappa shape index (κ3) is 4.27. The van der Waals surface area contributed by atoms with E-state index in [1.54, 1.807) is 0 Å². The van der Waals surface area contributed by atoms with Gasteiger partial charge in [-0.05, 0) is 55.4 Å². The molecule has 2 aliphatic rings. The molecule has 0 bridgehead atoms. The van der Waals surface area contributed by atoms with E-state index in [1.165, 1.54) is 56.4 Å². The fourth-order valence-corrected chi connectivity index (χ4v) is 4.60. The normalized spacial score (nSPS) is 27.1. The smallest absolute Gasteiger partial charge is 0.319 e. The lowest BCUT2D eigenvalue weighted by molar-refractivity contribution is 0.146. The average Bonchev–Trinajstić information content (AvgIpc) is 2.54. The SMILES string of the molecule is NS(=O)(=O)c1ccc(NC(=O)N[C@@H]2CC[C@H]3CCCC[C@H]3C2)cc1. The maximum absolute atomic E-state index is 12.2. The summed E-state index contributed by atoms with van der Waals surface area (Å²) in [5.74, 6) is 1.61. The van der Waals surface area contributed by atoms with E-state index in [-0.39, 0.29) is 17.0 Å². The largest absolute Gasteiger partial charge is 0.335 e. The molecule has 1 aromatic rings. The van der Waals surface area contributed by atoms with Crippen molar-refractivity contribution in [2.75, 3.05) is 5.32 Å². The molecule has 0 unspecified atom stereocenters. The second-order valence-electron chi connectivity index (χ2n) is 6.98. The highest BCUT2D eigenvalue weighted by atomic mass is 32.2. The van der Waals surface area contributed by atoms with Crippen LogP contribution in [0.4, 0.5) is 10.5 Å². The van der Waals surface area contributed by atoms with E-state index >= 15 is 0 Å². The highest BCUT2D eigenvalue weighted by Gasteiger charge is 2.32. The number of anilines is 1. The van der Waals surface area contributed by atoms with Crippen LogP contribution in [0.5, 0.6) is 0 Å². The third-order valence-corrected chi connectivity index (χ3v) is 6.24. The summed E-state index contributed by atoms with van der Waals surface area (Å²) in [4.78, 5) is 12.2. The third-order valence-electron chi connectivity index (χ3n) is 5.32. The zero-order valence-corrected chi connectivity index (χ0v) is 14.5. The highest BCUT2D eigenvalue weighted by molar-refractivity contribution is 7.89. The van der Waals surface area contributed by atoms with E-state index in [1.807, 2.05) is 0 Å². The molecular formula is C17H25N3O3S. The Morgan fingerprint density at radius 2 is 1.67 bits per heavy atom. The van der Waals surface area contributed by atoms with Crippen LogP contribution in [0, 0.1) is 11.8 Å². The molecule has 0 radical (unpaired) electrons. The molecule has 132 valence electrons. The van der Waals surface area contributed by atoms with Gasteiger partial charge in [-0.15, -0.1) is 0 Å². The Bertz CT molecular complexity index is 688. The lowest BCUT2D eigenvalue weighted by Gasteiger charge is -2.39. The lowest BCUT2D eigenvalue weighted by atomic mass is 9.69. The Morgan fingerprint density at radius 3 is 2.33 bits per heavy atom. The van der Waals surface area contributed by atoms with Crippen molar-refractivity contribution in [2.45, 2.75) is 55.9 Å². The van der Waals surface area contributed by atoms with Crippen molar-refractivity contribution >= 4 is 21.7 Å². The summed E-state index contributed by atoms with van der Waals surface area (Å²) in [5.41, 5.74) is 0.547. The maximum atomic E-state index is 12.2. The minimum Gasteiger partial charge on any atom is -0.335 e. The van der Waals surface area contributed by atoms with Crippen LogP contribution in [-0.2, 0) is 10.0 Å². The molecule has 0 heterocycles. The summed E-state index contributed by atoms with van der Waals surface area (Å²) < 4.78 is 22.4. The van der Waals surface area contributed by atoms with Crippen LogP contribution in [0.2, 0.25) is 0 Å². The minimum atomic E-state index is -3.71. The summed E-state index contributed by atoms with van der Waals surface area (Å²) >= 11 is 0. The Hall–Kier alpha value is -1.60. The molecule has 6 nitrogen and oxygen atoms in total. The van der Waals surface area contributed by atoms with Gasteiger partial charge < -0.3 is 10.6 Å². The van der Waals surface area contributed by atoms with Gasteiger partial charge in [0.05, 0.1) is 4.90 Å². The zero-order valence-electron chi connectivity index (χ0n) is 13.7. The molecule has 2 fully saturated rings. The zero-order chi connectivity index (χ0) is 17.2. The first-order valence-corrected chi connectivity index (χ1v) is 10.2. The predicted molar refractivity (Wildman–Crippen MR) is 93.1 cm³/mol. The Morgan fingerprint density at radius 1 is 1.00 bits per heavy atom. The van der Waals surface area contributed by atoms with Crippen molar-refractivity contribution < 1.29 is 13.2 Å². The molecule has 7 heteroatoms. The number of carbonyl (C=O) groups excluding carboxylic acids is 1. The minimum absolute atomic E-state index is 0.0316. The van der Waals surface area contributed by atoms with E-state index in [9.17, 15) is 13.2 Å². The number of sulfonamides is 1. The van der Waals surface area contributed by atoms with Gasteiger partial charge in [-0.3, -0.25) is 0 Å². The molecular weight excluding hydrogens is 326 g/mol. The molecule has 0 saturated heterocycles. The van der Waals surface area contributed by atoms with E-state index in [2.05, 4.69) is 10.6 Å². The van der Waals surface area contributed by atoms with Gasteiger partial charge in [-0.2, -0.15) is 0 Å². The highest BCUT2D eigenvalue weighted by Crippen LogP contribution is 2.40. The van der Waals surface area contributed by atoms with Gasteiger partial charge in [0.25, 0.3) is 0 Å². The van der Waals surface area contributed by atoms with Crippen LogP contribution in [-0.4, -0.2) is 20.5 Å².